The molecule has 8 nitrogen and oxygen atoms in total. The molecule has 0 atom stereocenters. The first-order valence-electron chi connectivity index (χ1n) is 7.63. The first kappa shape index (κ1) is 18.3. The zero-order chi connectivity index (χ0) is 19.4. The largest absolute Gasteiger partial charge is 0.468 e. The average molecular weight is 378 g/mol. The van der Waals surface area contributed by atoms with Crippen molar-refractivity contribution in [1.29, 1.82) is 0 Å². The number of aryl methyl sites for hydroxylation is 1. The molecular formula is C16H13F3N6O2. The van der Waals surface area contributed by atoms with E-state index in [2.05, 4.69) is 30.6 Å². The van der Waals surface area contributed by atoms with Gasteiger partial charge >= 0.3 is 6.18 Å². The van der Waals surface area contributed by atoms with Gasteiger partial charge in [0.15, 0.2) is 6.61 Å². The molecule has 0 saturated heterocycles. The van der Waals surface area contributed by atoms with Crippen molar-refractivity contribution >= 4 is 11.6 Å². The number of benzene rings is 1. The van der Waals surface area contributed by atoms with E-state index < -0.39 is 18.7 Å². The number of anilines is 1. The van der Waals surface area contributed by atoms with Gasteiger partial charge in [-0.05, 0) is 47.2 Å². The molecule has 0 spiro atoms. The number of carbonyl (C=O) groups is 1. The van der Waals surface area contributed by atoms with Gasteiger partial charge in [0.25, 0.3) is 5.91 Å². The van der Waals surface area contributed by atoms with Gasteiger partial charge in [0.2, 0.25) is 5.88 Å². The van der Waals surface area contributed by atoms with Gasteiger partial charge in [-0.2, -0.15) is 13.2 Å². The van der Waals surface area contributed by atoms with Crippen LogP contribution in [0.5, 0.6) is 5.88 Å². The van der Waals surface area contributed by atoms with E-state index in [-0.39, 0.29) is 11.4 Å². The summed E-state index contributed by atoms with van der Waals surface area (Å²) in [7, 11) is 0. The molecule has 0 aliphatic heterocycles. The van der Waals surface area contributed by atoms with Crippen molar-refractivity contribution in [1.82, 2.24) is 25.2 Å². The molecule has 0 aliphatic carbocycles. The monoisotopic (exact) mass is 378 g/mol. The first-order valence-corrected chi connectivity index (χ1v) is 7.63. The third-order valence-electron chi connectivity index (χ3n) is 3.43. The molecule has 0 saturated carbocycles. The second-order valence-corrected chi connectivity index (χ2v) is 5.50. The Kier molecular flexibility index (Phi) is 5.01. The Morgan fingerprint density at radius 1 is 1.26 bits per heavy atom. The van der Waals surface area contributed by atoms with E-state index in [1.54, 1.807) is 18.2 Å². The number of hydrogen-bond acceptors (Lipinski definition) is 6. The fraction of sp³-hybridized carbons (Fsp3) is 0.188. The molecule has 140 valence electrons. The summed E-state index contributed by atoms with van der Waals surface area (Å²) in [4.78, 5) is 16.0. The number of pyridine rings is 1. The van der Waals surface area contributed by atoms with Gasteiger partial charge in [0, 0.05) is 18.0 Å². The molecule has 0 bridgehead atoms. The Balaban J connectivity index is 1.66. The van der Waals surface area contributed by atoms with Crippen LogP contribution in [0.25, 0.3) is 5.69 Å². The summed E-state index contributed by atoms with van der Waals surface area (Å²) in [5.74, 6) is -0.676. The number of aromatic nitrogens is 5. The Bertz CT molecular complexity index is 926. The Labute approximate surface area is 151 Å². The van der Waals surface area contributed by atoms with Crippen molar-refractivity contribution in [2.45, 2.75) is 13.1 Å². The van der Waals surface area contributed by atoms with E-state index in [0.717, 1.165) is 17.4 Å². The molecule has 0 radical (unpaired) electrons. The predicted molar refractivity (Wildman–Crippen MR) is 87.6 cm³/mol. The van der Waals surface area contributed by atoms with Crippen LogP contribution in [-0.2, 0) is 0 Å². The van der Waals surface area contributed by atoms with E-state index in [1.807, 2.05) is 6.92 Å². The van der Waals surface area contributed by atoms with Crippen molar-refractivity contribution in [2.24, 2.45) is 0 Å². The highest BCUT2D eigenvalue weighted by Crippen LogP contribution is 2.20. The zero-order valence-corrected chi connectivity index (χ0v) is 13.9. The fourth-order valence-electron chi connectivity index (χ4n) is 2.22. The highest BCUT2D eigenvalue weighted by Gasteiger charge is 2.28. The molecule has 0 fully saturated rings. The maximum Gasteiger partial charge on any atom is 0.422 e. The molecule has 1 amide bonds. The van der Waals surface area contributed by atoms with E-state index in [9.17, 15) is 18.0 Å². The lowest BCUT2D eigenvalue weighted by Crippen LogP contribution is -2.19. The van der Waals surface area contributed by atoms with Gasteiger partial charge in [0.05, 0.1) is 11.3 Å². The number of nitrogens with zero attached hydrogens (tertiary/aromatic N) is 5. The zero-order valence-electron chi connectivity index (χ0n) is 13.9. The number of nitrogens with one attached hydrogen (secondary N) is 1. The van der Waals surface area contributed by atoms with Crippen LogP contribution in [0, 0.1) is 6.92 Å². The van der Waals surface area contributed by atoms with Crippen molar-refractivity contribution in [3.63, 3.8) is 0 Å². The molecular weight excluding hydrogens is 365 g/mol. The minimum atomic E-state index is -4.45. The maximum absolute atomic E-state index is 12.3. The van der Waals surface area contributed by atoms with Crippen molar-refractivity contribution in [2.75, 3.05) is 11.9 Å². The Morgan fingerprint density at radius 2 is 2.07 bits per heavy atom. The molecule has 2 heterocycles. The van der Waals surface area contributed by atoms with E-state index in [0.29, 0.717) is 5.69 Å². The lowest BCUT2D eigenvalue weighted by atomic mass is 10.1. The molecule has 27 heavy (non-hydrogen) atoms. The second kappa shape index (κ2) is 7.40. The summed E-state index contributed by atoms with van der Waals surface area (Å²) in [6, 6.07) is 7.69. The van der Waals surface area contributed by atoms with Crippen LogP contribution in [-0.4, -0.2) is 43.9 Å². The first-order chi connectivity index (χ1) is 12.8. The van der Waals surface area contributed by atoms with Crippen LogP contribution in [0.15, 0.2) is 42.9 Å². The molecule has 1 N–H and O–H groups in total. The number of alkyl halides is 3. The summed E-state index contributed by atoms with van der Waals surface area (Å²) in [6.45, 7) is 0.388. The summed E-state index contributed by atoms with van der Waals surface area (Å²) < 4.78 is 42.3. The maximum atomic E-state index is 12.3. The molecule has 3 aromatic rings. The van der Waals surface area contributed by atoms with Crippen LogP contribution in [0.2, 0.25) is 0 Å². The van der Waals surface area contributed by atoms with E-state index in [4.69, 9.17) is 0 Å². The standard InChI is InChI=1S/C16H13F3N6O2/c1-10-6-12(3-4-13(10)25-9-21-23-24-25)22-15(26)11-2-5-14(20-7-11)27-8-16(17,18)19/h2-7,9H,8H2,1H3,(H,22,26). The molecule has 0 unspecified atom stereocenters. The highest BCUT2D eigenvalue weighted by molar-refractivity contribution is 6.04. The molecule has 11 heteroatoms. The fourth-order valence-corrected chi connectivity index (χ4v) is 2.22. The summed E-state index contributed by atoms with van der Waals surface area (Å²) in [5.41, 5.74) is 2.29. The SMILES string of the molecule is Cc1cc(NC(=O)c2ccc(OCC(F)(F)F)nc2)ccc1-n1cnnn1. The summed E-state index contributed by atoms with van der Waals surface area (Å²) in [6.07, 6.45) is -1.86. The third kappa shape index (κ3) is 4.77. The lowest BCUT2D eigenvalue weighted by molar-refractivity contribution is -0.154. The van der Waals surface area contributed by atoms with Gasteiger partial charge in [-0.15, -0.1) is 5.10 Å². The van der Waals surface area contributed by atoms with Crippen LogP contribution >= 0.6 is 0 Å². The van der Waals surface area contributed by atoms with Gasteiger partial charge in [0.1, 0.15) is 6.33 Å². The van der Waals surface area contributed by atoms with E-state index in [1.165, 1.54) is 23.1 Å². The number of ether oxygens (including phenoxy) is 1. The quantitative estimate of drug-likeness (QED) is 0.733. The minimum Gasteiger partial charge on any atom is -0.468 e. The second-order valence-electron chi connectivity index (χ2n) is 5.50. The van der Waals surface area contributed by atoms with Crippen LogP contribution in [0.3, 0.4) is 0 Å². The number of amides is 1. The average Bonchev–Trinajstić information content (AvgIpc) is 3.14. The van der Waals surface area contributed by atoms with Crippen LogP contribution in [0.1, 0.15) is 15.9 Å². The number of rotatable bonds is 5. The van der Waals surface area contributed by atoms with Gasteiger partial charge in [-0.3, -0.25) is 4.79 Å². The van der Waals surface area contributed by atoms with Crippen molar-refractivity contribution in [3.8, 4) is 11.6 Å². The minimum absolute atomic E-state index is 0.177. The smallest absolute Gasteiger partial charge is 0.422 e. The number of hydrogen-bond donors (Lipinski definition) is 1. The molecule has 1 aromatic carbocycles. The summed E-state index contributed by atoms with van der Waals surface area (Å²) >= 11 is 0. The highest BCUT2D eigenvalue weighted by atomic mass is 19.4. The summed E-state index contributed by atoms with van der Waals surface area (Å²) in [5, 5.41) is 13.6. The molecule has 2 aromatic heterocycles. The lowest BCUT2D eigenvalue weighted by Gasteiger charge is -2.10. The van der Waals surface area contributed by atoms with Crippen molar-refractivity contribution < 1.29 is 22.7 Å². The topological polar surface area (TPSA) is 94.8 Å². The van der Waals surface area contributed by atoms with Gasteiger partial charge < -0.3 is 10.1 Å². The Morgan fingerprint density at radius 3 is 2.67 bits per heavy atom. The number of carbonyl (C=O) groups excluding carboxylic acids is 1. The predicted octanol–water partition coefficient (Wildman–Crippen LogP) is 2.56. The third-order valence-corrected chi connectivity index (χ3v) is 3.43. The normalized spacial score (nSPS) is 11.3. The van der Waals surface area contributed by atoms with Gasteiger partial charge in [-0.25, -0.2) is 9.67 Å². The number of tetrazole rings is 1. The van der Waals surface area contributed by atoms with Crippen molar-refractivity contribution in [3.05, 3.63) is 54.0 Å². The van der Waals surface area contributed by atoms with Crippen LogP contribution < -0.4 is 10.1 Å². The van der Waals surface area contributed by atoms with E-state index >= 15 is 0 Å². The van der Waals surface area contributed by atoms with Gasteiger partial charge in [-0.1, -0.05) is 0 Å². The van der Waals surface area contributed by atoms with Crippen LogP contribution in [0.4, 0.5) is 18.9 Å². The molecule has 0 aliphatic rings. The Hall–Kier alpha value is -3.50. The molecule has 3 rings (SSSR count). The number of halogens is 3.